The van der Waals surface area contributed by atoms with E-state index >= 15 is 0 Å². The summed E-state index contributed by atoms with van der Waals surface area (Å²) in [7, 11) is 0. The van der Waals surface area contributed by atoms with Crippen LogP contribution in [0.3, 0.4) is 0 Å². The van der Waals surface area contributed by atoms with Crippen LogP contribution in [0.2, 0.25) is 0 Å². The largest absolute Gasteiger partial charge is 0.439 e. The van der Waals surface area contributed by atoms with Gasteiger partial charge in [0.2, 0.25) is 5.88 Å². The predicted molar refractivity (Wildman–Crippen MR) is 113 cm³/mol. The van der Waals surface area contributed by atoms with Crippen LogP contribution >= 0.6 is 0 Å². The number of nitrogens with two attached hydrogens (primary N) is 1. The number of hydrogen-bond acceptors (Lipinski definition) is 5. The molecule has 0 aliphatic rings. The molecule has 0 aliphatic carbocycles. The Bertz CT molecular complexity index is 1290. The fraction of sp³-hybridized carbons (Fsp3) is 0.0870. The molecule has 0 aliphatic heterocycles. The number of rotatable bonds is 5. The quantitative estimate of drug-likeness (QED) is 0.450. The summed E-state index contributed by atoms with van der Waals surface area (Å²) in [5.74, 6) is 0.305. The zero-order chi connectivity index (χ0) is 22.7. The second-order valence-corrected chi connectivity index (χ2v) is 6.87. The average molecular weight is 438 g/mol. The molecule has 3 aromatic carbocycles. The summed E-state index contributed by atoms with van der Waals surface area (Å²) >= 11 is 0. The van der Waals surface area contributed by atoms with Crippen molar-refractivity contribution in [3.63, 3.8) is 0 Å². The number of amides is 1. The molecule has 0 spiro atoms. The normalized spacial score (nSPS) is 11.4. The number of aromatic nitrogens is 2. The first-order chi connectivity index (χ1) is 15.3. The molecule has 0 saturated carbocycles. The Labute approximate surface area is 180 Å². The number of carbonyl (C=O) groups is 1. The smallest absolute Gasteiger partial charge is 0.416 e. The summed E-state index contributed by atoms with van der Waals surface area (Å²) < 4.78 is 44.6. The first-order valence-electron chi connectivity index (χ1n) is 9.54. The van der Waals surface area contributed by atoms with Crippen molar-refractivity contribution >= 4 is 22.4 Å². The minimum absolute atomic E-state index is 0.0567. The first-order valence-corrected chi connectivity index (χ1v) is 9.54. The lowest BCUT2D eigenvalue weighted by atomic mass is 10.0. The van der Waals surface area contributed by atoms with E-state index in [4.69, 9.17) is 10.5 Å². The summed E-state index contributed by atoms with van der Waals surface area (Å²) in [5.41, 5.74) is 5.75. The van der Waals surface area contributed by atoms with Gasteiger partial charge < -0.3 is 15.8 Å². The number of alkyl halides is 3. The molecule has 0 radical (unpaired) electrons. The third kappa shape index (κ3) is 4.68. The van der Waals surface area contributed by atoms with Crippen LogP contribution in [0.15, 0.2) is 73.1 Å². The highest BCUT2D eigenvalue weighted by atomic mass is 19.4. The van der Waals surface area contributed by atoms with Gasteiger partial charge in [-0.25, -0.2) is 9.97 Å². The van der Waals surface area contributed by atoms with Crippen molar-refractivity contribution in [2.45, 2.75) is 12.7 Å². The van der Waals surface area contributed by atoms with Crippen molar-refractivity contribution in [1.29, 1.82) is 0 Å². The van der Waals surface area contributed by atoms with E-state index in [0.717, 1.165) is 12.1 Å². The van der Waals surface area contributed by atoms with Crippen LogP contribution < -0.4 is 15.8 Å². The van der Waals surface area contributed by atoms with Crippen LogP contribution in [0.1, 0.15) is 21.6 Å². The monoisotopic (exact) mass is 438 g/mol. The van der Waals surface area contributed by atoms with E-state index in [1.54, 1.807) is 42.5 Å². The molecule has 6 nitrogen and oxygen atoms in total. The van der Waals surface area contributed by atoms with E-state index in [-0.39, 0.29) is 12.2 Å². The van der Waals surface area contributed by atoms with Crippen molar-refractivity contribution in [2.24, 2.45) is 5.73 Å². The number of nitrogens with zero attached hydrogens (tertiary/aromatic N) is 2. The van der Waals surface area contributed by atoms with Gasteiger partial charge in [0, 0.05) is 23.9 Å². The highest BCUT2D eigenvalue weighted by Gasteiger charge is 2.30. The topological polar surface area (TPSA) is 90.1 Å². The van der Waals surface area contributed by atoms with E-state index in [0.29, 0.717) is 33.7 Å². The lowest BCUT2D eigenvalue weighted by Gasteiger charge is -2.12. The average Bonchev–Trinajstić information content (AvgIpc) is 2.78. The highest BCUT2D eigenvalue weighted by molar-refractivity contribution is 6.13. The molecule has 4 aromatic rings. The molecular weight excluding hydrogens is 421 g/mol. The summed E-state index contributed by atoms with van der Waals surface area (Å²) in [6.45, 7) is 0.251. The van der Waals surface area contributed by atoms with Crippen molar-refractivity contribution in [2.75, 3.05) is 5.32 Å². The van der Waals surface area contributed by atoms with Crippen LogP contribution in [0.4, 0.5) is 18.9 Å². The third-order valence-electron chi connectivity index (χ3n) is 4.67. The molecule has 32 heavy (non-hydrogen) atoms. The van der Waals surface area contributed by atoms with Crippen molar-refractivity contribution in [3.8, 4) is 11.6 Å². The maximum atomic E-state index is 12.9. The Kier molecular flexibility index (Phi) is 5.74. The number of hydrogen-bond donors (Lipinski definition) is 2. The van der Waals surface area contributed by atoms with Gasteiger partial charge >= 0.3 is 6.18 Å². The molecule has 0 bridgehead atoms. The lowest BCUT2D eigenvalue weighted by molar-refractivity contribution is -0.137. The minimum atomic E-state index is -4.49. The van der Waals surface area contributed by atoms with E-state index < -0.39 is 17.6 Å². The summed E-state index contributed by atoms with van der Waals surface area (Å²) in [6.07, 6.45) is -3.14. The van der Waals surface area contributed by atoms with E-state index in [1.807, 2.05) is 0 Å². The zero-order valence-electron chi connectivity index (χ0n) is 16.6. The summed E-state index contributed by atoms with van der Waals surface area (Å²) in [4.78, 5) is 20.8. The number of carbonyl (C=O) groups excluding carboxylic acids is 1. The van der Waals surface area contributed by atoms with E-state index in [1.165, 1.54) is 18.5 Å². The second kappa shape index (κ2) is 8.64. The maximum Gasteiger partial charge on any atom is 0.416 e. The van der Waals surface area contributed by atoms with Gasteiger partial charge in [0.15, 0.2) is 0 Å². The fourth-order valence-electron chi connectivity index (χ4n) is 3.16. The number of ether oxygens (including phenoxy) is 1. The molecule has 4 rings (SSSR count). The number of anilines is 1. The molecule has 1 amide bonds. The Morgan fingerprint density at radius 1 is 1.00 bits per heavy atom. The van der Waals surface area contributed by atoms with Gasteiger partial charge in [0.25, 0.3) is 5.91 Å². The highest BCUT2D eigenvalue weighted by Crippen LogP contribution is 2.31. The van der Waals surface area contributed by atoms with Gasteiger partial charge in [0.05, 0.1) is 11.3 Å². The number of halogens is 3. The molecular formula is C23H17F3N4O2. The lowest BCUT2D eigenvalue weighted by Crippen LogP contribution is -2.13. The molecule has 0 saturated heterocycles. The molecule has 0 atom stereocenters. The summed E-state index contributed by atoms with van der Waals surface area (Å²) in [6, 6.07) is 16.3. The van der Waals surface area contributed by atoms with Gasteiger partial charge in [-0.1, -0.05) is 18.2 Å². The molecule has 0 unspecified atom stereocenters. The molecule has 0 fully saturated rings. The maximum absolute atomic E-state index is 12.9. The standard InChI is InChI=1S/C23H17F3N4O2/c24-23(25,26)15-4-2-5-16(10-15)30-22(31)20-6-1-3-14-9-18(7-8-19(14)20)32-21-11-17(12-27)28-13-29-21/h1-11,13H,12,27H2,(H,30,31). The minimum Gasteiger partial charge on any atom is -0.439 e. The molecule has 3 N–H and O–H groups in total. The van der Waals surface area contributed by atoms with E-state index in [2.05, 4.69) is 15.3 Å². The van der Waals surface area contributed by atoms with Crippen LogP contribution in [-0.4, -0.2) is 15.9 Å². The van der Waals surface area contributed by atoms with Gasteiger partial charge in [-0.2, -0.15) is 13.2 Å². The fourth-order valence-corrected chi connectivity index (χ4v) is 3.16. The second-order valence-electron chi connectivity index (χ2n) is 6.87. The Balaban J connectivity index is 1.59. The van der Waals surface area contributed by atoms with Crippen LogP contribution in [0, 0.1) is 0 Å². The van der Waals surface area contributed by atoms with Gasteiger partial charge in [-0.05, 0) is 53.2 Å². The molecule has 1 heterocycles. The first kappa shape index (κ1) is 21.3. The zero-order valence-corrected chi connectivity index (χ0v) is 16.6. The number of benzene rings is 3. The van der Waals surface area contributed by atoms with Crippen molar-refractivity contribution in [1.82, 2.24) is 9.97 Å². The molecule has 162 valence electrons. The number of nitrogens with one attached hydrogen (secondary N) is 1. The summed E-state index contributed by atoms with van der Waals surface area (Å²) in [5, 5.41) is 3.87. The molecule has 1 aromatic heterocycles. The van der Waals surface area contributed by atoms with Crippen LogP contribution in [0.5, 0.6) is 11.6 Å². The Morgan fingerprint density at radius 2 is 1.81 bits per heavy atom. The number of fused-ring (bicyclic) bond motifs is 1. The Hall–Kier alpha value is -3.98. The van der Waals surface area contributed by atoms with Crippen molar-refractivity contribution < 1.29 is 22.7 Å². The predicted octanol–water partition coefficient (Wildman–Crippen LogP) is 5.15. The van der Waals surface area contributed by atoms with Gasteiger partial charge in [-0.3, -0.25) is 4.79 Å². The van der Waals surface area contributed by atoms with E-state index in [9.17, 15) is 18.0 Å². The molecule has 9 heteroatoms. The van der Waals surface area contributed by atoms with Crippen LogP contribution in [0.25, 0.3) is 10.8 Å². The SMILES string of the molecule is NCc1cc(Oc2ccc3c(C(=O)Nc4cccc(C(F)(F)F)c4)cccc3c2)ncn1. The third-order valence-corrected chi connectivity index (χ3v) is 4.67. The van der Waals surface area contributed by atoms with Crippen LogP contribution in [-0.2, 0) is 12.7 Å². The van der Waals surface area contributed by atoms with Gasteiger partial charge in [-0.15, -0.1) is 0 Å². The van der Waals surface area contributed by atoms with Crippen molar-refractivity contribution in [3.05, 3.63) is 89.9 Å². The van der Waals surface area contributed by atoms with Gasteiger partial charge in [0.1, 0.15) is 12.1 Å². The Morgan fingerprint density at radius 3 is 2.59 bits per heavy atom.